The first-order valence-electron chi connectivity index (χ1n) is 7.46. The molecule has 0 aliphatic carbocycles. The van der Waals surface area contributed by atoms with Gasteiger partial charge >= 0.3 is 0 Å². The lowest BCUT2D eigenvalue weighted by molar-refractivity contribution is 0.341. The third-order valence-corrected chi connectivity index (χ3v) is 4.18. The number of hydrogen-bond donors (Lipinski definition) is 1. The van der Waals surface area contributed by atoms with E-state index < -0.39 is 0 Å². The fraction of sp³-hybridized carbons (Fsp3) is 0.625. The van der Waals surface area contributed by atoms with Crippen molar-refractivity contribution >= 4 is 17.3 Å². The zero-order valence-electron chi connectivity index (χ0n) is 12.5. The number of hydrogen-bond acceptors (Lipinski definition) is 2. The molecule has 2 rings (SSSR count). The Morgan fingerprint density at radius 1 is 1.45 bits per heavy atom. The highest BCUT2D eigenvalue weighted by atomic mass is 35.5. The Bertz CT molecular complexity index is 450. The molecule has 1 aromatic carbocycles. The summed E-state index contributed by atoms with van der Waals surface area (Å²) in [6.07, 6.45) is 2.10. The molecule has 0 amide bonds. The van der Waals surface area contributed by atoms with Crippen LogP contribution >= 0.6 is 11.6 Å². The van der Waals surface area contributed by atoms with Crippen LogP contribution in [-0.4, -0.2) is 25.2 Å². The van der Waals surface area contributed by atoms with E-state index in [2.05, 4.69) is 31.0 Å². The fourth-order valence-electron chi connectivity index (χ4n) is 2.96. The van der Waals surface area contributed by atoms with Crippen LogP contribution in [0.25, 0.3) is 0 Å². The molecule has 2 atom stereocenters. The SMILES string of the molecule is CCC1CNC(CC(C)C)CN1c1cc(Cl)ccc1F. The van der Waals surface area contributed by atoms with Crippen molar-refractivity contribution in [3.8, 4) is 0 Å². The number of halogens is 2. The largest absolute Gasteiger partial charge is 0.363 e. The van der Waals surface area contributed by atoms with E-state index in [0.717, 1.165) is 25.9 Å². The average molecular weight is 299 g/mol. The third-order valence-electron chi connectivity index (χ3n) is 3.94. The van der Waals surface area contributed by atoms with Gasteiger partial charge in [-0.25, -0.2) is 4.39 Å². The van der Waals surface area contributed by atoms with Crippen molar-refractivity contribution in [3.63, 3.8) is 0 Å². The quantitative estimate of drug-likeness (QED) is 0.901. The summed E-state index contributed by atoms with van der Waals surface area (Å²) in [7, 11) is 0. The van der Waals surface area contributed by atoms with Gasteiger partial charge in [0.2, 0.25) is 0 Å². The molecule has 4 heteroatoms. The molecular weight excluding hydrogens is 275 g/mol. The van der Waals surface area contributed by atoms with Crippen molar-refractivity contribution in [2.45, 2.75) is 45.7 Å². The molecule has 112 valence electrons. The van der Waals surface area contributed by atoms with Crippen molar-refractivity contribution in [1.82, 2.24) is 5.32 Å². The zero-order valence-corrected chi connectivity index (χ0v) is 13.3. The second-order valence-corrected chi connectivity index (χ2v) is 6.48. The number of rotatable bonds is 4. The molecule has 1 aromatic rings. The number of nitrogens with one attached hydrogen (secondary N) is 1. The Kier molecular flexibility index (Phi) is 5.28. The van der Waals surface area contributed by atoms with Crippen LogP contribution in [0.2, 0.25) is 5.02 Å². The monoisotopic (exact) mass is 298 g/mol. The summed E-state index contributed by atoms with van der Waals surface area (Å²) in [5, 5.41) is 4.18. The van der Waals surface area contributed by atoms with Crippen molar-refractivity contribution < 1.29 is 4.39 Å². The predicted octanol–water partition coefficient (Wildman–Crippen LogP) is 4.08. The number of nitrogens with zero attached hydrogens (tertiary/aromatic N) is 1. The van der Waals surface area contributed by atoms with Gasteiger partial charge in [0.1, 0.15) is 5.82 Å². The van der Waals surface area contributed by atoms with Crippen LogP contribution in [0, 0.1) is 11.7 Å². The molecule has 0 aromatic heterocycles. The first-order chi connectivity index (χ1) is 9.51. The van der Waals surface area contributed by atoms with Gasteiger partial charge in [0, 0.05) is 30.2 Å². The van der Waals surface area contributed by atoms with Crippen LogP contribution in [-0.2, 0) is 0 Å². The van der Waals surface area contributed by atoms with E-state index in [4.69, 9.17) is 11.6 Å². The topological polar surface area (TPSA) is 15.3 Å². The molecule has 0 bridgehead atoms. The summed E-state index contributed by atoms with van der Waals surface area (Å²) in [6.45, 7) is 8.33. The van der Waals surface area contributed by atoms with Gasteiger partial charge in [0.25, 0.3) is 0 Å². The zero-order chi connectivity index (χ0) is 14.7. The van der Waals surface area contributed by atoms with Gasteiger partial charge in [0.05, 0.1) is 5.69 Å². The van der Waals surface area contributed by atoms with Crippen molar-refractivity contribution in [3.05, 3.63) is 29.0 Å². The molecule has 1 aliphatic heterocycles. The van der Waals surface area contributed by atoms with E-state index in [1.165, 1.54) is 6.07 Å². The van der Waals surface area contributed by atoms with Gasteiger partial charge in [-0.05, 0) is 37.0 Å². The van der Waals surface area contributed by atoms with E-state index >= 15 is 0 Å². The maximum absolute atomic E-state index is 14.1. The first-order valence-corrected chi connectivity index (χ1v) is 7.84. The Hall–Kier alpha value is -0.800. The van der Waals surface area contributed by atoms with E-state index in [1.807, 2.05) is 0 Å². The van der Waals surface area contributed by atoms with Crippen molar-refractivity contribution in [1.29, 1.82) is 0 Å². The molecule has 0 spiro atoms. The van der Waals surface area contributed by atoms with Gasteiger partial charge < -0.3 is 10.2 Å². The maximum atomic E-state index is 14.1. The van der Waals surface area contributed by atoms with Gasteiger partial charge in [0.15, 0.2) is 0 Å². The highest BCUT2D eigenvalue weighted by molar-refractivity contribution is 6.30. The Balaban J connectivity index is 2.22. The molecular formula is C16H24ClFN2. The minimum Gasteiger partial charge on any atom is -0.363 e. The summed E-state index contributed by atoms with van der Waals surface area (Å²) in [4.78, 5) is 2.19. The lowest BCUT2D eigenvalue weighted by atomic mass is 9.98. The molecule has 2 unspecified atom stereocenters. The molecule has 2 nitrogen and oxygen atoms in total. The van der Waals surface area contributed by atoms with Gasteiger partial charge in [-0.2, -0.15) is 0 Å². The number of benzene rings is 1. The predicted molar refractivity (Wildman–Crippen MR) is 84.1 cm³/mol. The second-order valence-electron chi connectivity index (χ2n) is 6.04. The van der Waals surface area contributed by atoms with Crippen LogP contribution in [0.4, 0.5) is 10.1 Å². The lowest BCUT2D eigenvalue weighted by Crippen LogP contribution is -2.57. The molecule has 1 heterocycles. The molecule has 20 heavy (non-hydrogen) atoms. The van der Waals surface area contributed by atoms with E-state index in [9.17, 15) is 4.39 Å². The van der Waals surface area contributed by atoms with Crippen LogP contribution in [0.15, 0.2) is 18.2 Å². The summed E-state index contributed by atoms with van der Waals surface area (Å²) in [5.41, 5.74) is 0.639. The normalized spacial score (nSPS) is 23.4. The molecule has 1 aliphatic rings. The highest BCUT2D eigenvalue weighted by Crippen LogP contribution is 2.28. The maximum Gasteiger partial charge on any atom is 0.146 e. The van der Waals surface area contributed by atoms with E-state index in [0.29, 0.717) is 28.7 Å². The molecule has 1 fully saturated rings. The minimum absolute atomic E-state index is 0.182. The molecule has 0 radical (unpaired) electrons. The summed E-state index contributed by atoms with van der Waals surface area (Å²) >= 11 is 6.04. The van der Waals surface area contributed by atoms with Crippen LogP contribution in [0.1, 0.15) is 33.6 Å². The van der Waals surface area contributed by atoms with Crippen LogP contribution < -0.4 is 10.2 Å². The second kappa shape index (κ2) is 6.77. The molecule has 0 saturated carbocycles. The van der Waals surface area contributed by atoms with Gasteiger partial charge in [-0.3, -0.25) is 0 Å². The fourth-order valence-corrected chi connectivity index (χ4v) is 3.12. The van der Waals surface area contributed by atoms with Crippen LogP contribution in [0.3, 0.4) is 0 Å². The van der Waals surface area contributed by atoms with E-state index in [1.54, 1.807) is 12.1 Å². The first kappa shape index (κ1) is 15.6. The van der Waals surface area contributed by atoms with E-state index in [-0.39, 0.29) is 5.82 Å². The standard InChI is InChI=1S/C16H24ClFN2/c1-4-14-9-19-13(7-11(2)3)10-20(14)16-8-12(17)5-6-15(16)18/h5-6,8,11,13-14,19H,4,7,9-10H2,1-3H3. The Morgan fingerprint density at radius 3 is 2.85 bits per heavy atom. The Labute approximate surface area is 126 Å². The molecule has 1 N–H and O–H groups in total. The summed E-state index contributed by atoms with van der Waals surface area (Å²) in [6, 6.07) is 5.55. The van der Waals surface area contributed by atoms with Gasteiger partial charge in [-0.1, -0.05) is 32.4 Å². The van der Waals surface area contributed by atoms with Gasteiger partial charge in [-0.15, -0.1) is 0 Å². The minimum atomic E-state index is -0.182. The summed E-state index contributed by atoms with van der Waals surface area (Å²) < 4.78 is 14.1. The highest BCUT2D eigenvalue weighted by Gasteiger charge is 2.28. The van der Waals surface area contributed by atoms with Crippen LogP contribution in [0.5, 0.6) is 0 Å². The third kappa shape index (κ3) is 3.64. The smallest absolute Gasteiger partial charge is 0.146 e. The summed E-state index contributed by atoms with van der Waals surface area (Å²) in [5.74, 6) is 0.454. The Morgan fingerprint density at radius 2 is 2.20 bits per heavy atom. The number of piperazine rings is 1. The number of anilines is 1. The average Bonchev–Trinajstić information content (AvgIpc) is 2.41. The lowest BCUT2D eigenvalue weighted by Gasteiger charge is -2.42. The van der Waals surface area contributed by atoms with Crippen molar-refractivity contribution in [2.75, 3.05) is 18.0 Å². The molecule has 1 saturated heterocycles. The van der Waals surface area contributed by atoms with Crippen molar-refractivity contribution in [2.24, 2.45) is 5.92 Å².